The van der Waals surface area contributed by atoms with Gasteiger partial charge in [-0.25, -0.2) is 8.42 Å². The number of rotatable bonds is 11. The number of sulfonamides is 1. The van der Waals surface area contributed by atoms with E-state index in [1.165, 1.54) is 15.6 Å². The predicted octanol–water partition coefficient (Wildman–Crippen LogP) is 1.14. The molecule has 0 aliphatic carbocycles. The van der Waals surface area contributed by atoms with Crippen LogP contribution in [0.5, 0.6) is 0 Å². The molecule has 8 heteroatoms. The van der Waals surface area contributed by atoms with Crippen molar-refractivity contribution in [1.29, 1.82) is 0 Å². The quantitative estimate of drug-likeness (QED) is 0.656. The number of nitrogens with one attached hydrogen (secondary N) is 1. The third-order valence-corrected chi connectivity index (χ3v) is 5.87. The Labute approximate surface area is 131 Å². The second kappa shape index (κ2) is 9.50. The molecule has 0 amide bonds. The van der Waals surface area contributed by atoms with Crippen LogP contribution in [-0.4, -0.2) is 59.8 Å². The van der Waals surface area contributed by atoms with Gasteiger partial charge in [0.25, 0.3) is 0 Å². The average molecular weight is 336 g/mol. The van der Waals surface area contributed by atoms with E-state index < -0.39 is 10.0 Å². The molecule has 1 heterocycles. The highest BCUT2D eigenvalue weighted by Crippen LogP contribution is 2.22. The molecular formula is C13H24N2O4S2. The summed E-state index contributed by atoms with van der Waals surface area (Å²) in [6, 6.07) is 1.73. The molecule has 0 atom stereocenters. The minimum absolute atomic E-state index is 0.320. The third kappa shape index (κ3) is 5.65. The van der Waals surface area contributed by atoms with Crippen LogP contribution in [0.15, 0.2) is 16.3 Å². The molecule has 0 bridgehead atoms. The fraction of sp³-hybridized carbons (Fsp3) is 0.692. The van der Waals surface area contributed by atoms with E-state index >= 15 is 0 Å². The Balaban J connectivity index is 2.85. The molecule has 0 aliphatic rings. The standard InChI is InChI=1S/C13H24N2O4S2/c1-4-14-10-12-9-13(11-20-12)21(16,17)15(5-7-18-2)6-8-19-3/h9,11,14H,4-8,10H2,1-3H3. The first-order chi connectivity index (χ1) is 10.1. The number of thiophene rings is 1. The second-order valence-corrected chi connectivity index (χ2v) is 7.35. The summed E-state index contributed by atoms with van der Waals surface area (Å²) < 4.78 is 36.6. The minimum Gasteiger partial charge on any atom is -0.383 e. The largest absolute Gasteiger partial charge is 0.383 e. The maximum absolute atomic E-state index is 12.6. The summed E-state index contributed by atoms with van der Waals surface area (Å²) in [5, 5.41) is 4.88. The Bertz CT molecular complexity index is 494. The molecule has 1 aromatic heterocycles. The molecule has 0 spiro atoms. The predicted molar refractivity (Wildman–Crippen MR) is 84.2 cm³/mol. The fourth-order valence-electron chi connectivity index (χ4n) is 1.72. The molecule has 0 fully saturated rings. The van der Waals surface area contributed by atoms with Crippen molar-refractivity contribution in [2.45, 2.75) is 18.4 Å². The molecule has 0 aromatic carbocycles. The molecule has 0 aliphatic heterocycles. The summed E-state index contributed by atoms with van der Waals surface area (Å²) in [4.78, 5) is 1.35. The number of hydrogen-bond donors (Lipinski definition) is 1. The van der Waals surface area contributed by atoms with Crippen molar-refractivity contribution in [2.24, 2.45) is 0 Å². The van der Waals surface area contributed by atoms with Crippen LogP contribution >= 0.6 is 11.3 Å². The Morgan fingerprint density at radius 2 is 1.86 bits per heavy atom. The summed E-state index contributed by atoms with van der Waals surface area (Å²) in [7, 11) is -0.382. The lowest BCUT2D eigenvalue weighted by Gasteiger charge is -2.20. The molecule has 1 N–H and O–H groups in total. The van der Waals surface area contributed by atoms with Crippen molar-refractivity contribution in [3.63, 3.8) is 0 Å². The van der Waals surface area contributed by atoms with Gasteiger partial charge in [0.05, 0.1) is 18.1 Å². The van der Waals surface area contributed by atoms with E-state index in [-0.39, 0.29) is 0 Å². The molecule has 1 rings (SSSR count). The van der Waals surface area contributed by atoms with Crippen molar-refractivity contribution >= 4 is 21.4 Å². The maximum Gasteiger partial charge on any atom is 0.244 e. The lowest BCUT2D eigenvalue weighted by molar-refractivity contribution is 0.150. The first-order valence-corrected chi connectivity index (χ1v) is 9.14. The zero-order chi connectivity index (χ0) is 15.7. The summed E-state index contributed by atoms with van der Waals surface area (Å²) in [5.74, 6) is 0. The Morgan fingerprint density at radius 3 is 2.38 bits per heavy atom. The summed E-state index contributed by atoms with van der Waals surface area (Å²) in [6.07, 6.45) is 0. The third-order valence-electron chi connectivity index (χ3n) is 2.91. The zero-order valence-electron chi connectivity index (χ0n) is 12.8. The van der Waals surface area contributed by atoms with E-state index in [2.05, 4.69) is 5.32 Å². The summed E-state index contributed by atoms with van der Waals surface area (Å²) in [5.41, 5.74) is 0. The van der Waals surface area contributed by atoms with Crippen LogP contribution in [0.3, 0.4) is 0 Å². The van der Waals surface area contributed by atoms with Crippen LogP contribution in [0, 0.1) is 0 Å². The first-order valence-electron chi connectivity index (χ1n) is 6.82. The lowest BCUT2D eigenvalue weighted by atomic mass is 10.4. The van der Waals surface area contributed by atoms with E-state index in [0.717, 1.165) is 11.4 Å². The van der Waals surface area contributed by atoms with E-state index in [4.69, 9.17) is 9.47 Å². The Kier molecular flexibility index (Phi) is 8.38. The SMILES string of the molecule is CCNCc1cc(S(=O)(=O)N(CCOC)CCOC)cs1. The highest BCUT2D eigenvalue weighted by Gasteiger charge is 2.25. The number of ether oxygens (including phenoxy) is 2. The smallest absolute Gasteiger partial charge is 0.244 e. The lowest BCUT2D eigenvalue weighted by Crippen LogP contribution is -2.36. The summed E-state index contributed by atoms with van der Waals surface area (Å²) in [6.45, 7) is 4.92. The van der Waals surface area contributed by atoms with Gasteiger partial charge in [0.1, 0.15) is 0 Å². The number of nitrogens with zero attached hydrogens (tertiary/aromatic N) is 1. The zero-order valence-corrected chi connectivity index (χ0v) is 14.4. The molecule has 21 heavy (non-hydrogen) atoms. The minimum atomic E-state index is -3.49. The van der Waals surface area contributed by atoms with Crippen LogP contribution in [0.1, 0.15) is 11.8 Å². The van der Waals surface area contributed by atoms with Crippen LogP contribution in [0.25, 0.3) is 0 Å². The molecule has 0 radical (unpaired) electrons. The second-order valence-electron chi connectivity index (χ2n) is 4.42. The van der Waals surface area contributed by atoms with Gasteiger partial charge in [-0.3, -0.25) is 0 Å². The topological polar surface area (TPSA) is 67.9 Å². The van der Waals surface area contributed by atoms with Gasteiger partial charge >= 0.3 is 0 Å². The van der Waals surface area contributed by atoms with Gasteiger partial charge in [0.15, 0.2) is 0 Å². The number of methoxy groups -OCH3 is 2. The van der Waals surface area contributed by atoms with Gasteiger partial charge in [0.2, 0.25) is 10.0 Å². The van der Waals surface area contributed by atoms with Gasteiger partial charge in [-0.15, -0.1) is 11.3 Å². The van der Waals surface area contributed by atoms with Crippen LogP contribution in [-0.2, 0) is 26.0 Å². The van der Waals surface area contributed by atoms with Crippen LogP contribution in [0.4, 0.5) is 0 Å². The fourth-order valence-corrected chi connectivity index (χ4v) is 4.36. The molecule has 0 saturated heterocycles. The highest BCUT2D eigenvalue weighted by molar-refractivity contribution is 7.89. The molecule has 1 aromatic rings. The van der Waals surface area contributed by atoms with Gasteiger partial charge in [-0.1, -0.05) is 6.92 Å². The normalized spacial score (nSPS) is 12.2. The molecule has 6 nitrogen and oxygen atoms in total. The monoisotopic (exact) mass is 336 g/mol. The van der Waals surface area contributed by atoms with Crippen molar-refractivity contribution < 1.29 is 17.9 Å². The van der Waals surface area contributed by atoms with Gasteiger partial charge in [0, 0.05) is 44.1 Å². The van der Waals surface area contributed by atoms with Gasteiger partial charge in [-0.2, -0.15) is 4.31 Å². The molecule has 0 unspecified atom stereocenters. The van der Waals surface area contributed by atoms with Crippen molar-refractivity contribution in [3.05, 3.63) is 16.3 Å². The average Bonchev–Trinajstić information content (AvgIpc) is 2.94. The van der Waals surface area contributed by atoms with Crippen molar-refractivity contribution in [3.8, 4) is 0 Å². The molecular weight excluding hydrogens is 312 g/mol. The molecule has 122 valence electrons. The molecule has 0 saturated carbocycles. The summed E-state index contributed by atoms with van der Waals surface area (Å²) >= 11 is 1.45. The van der Waals surface area contributed by atoms with Crippen LogP contribution in [0.2, 0.25) is 0 Å². The van der Waals surface area contributed by atoms with Gasteiger partial charge < -0.3 is 14.8 Å². The van der Waals surface area contributed by atoms with Gasteiger partial charge in [-0.05, 0) is 12.6 Å². The highest BCUT2D eigenvalue weighted by atomic mass is 32.2. The Morgan fingerprint density at radius 1 is 1.24 bits per heavy atom. The van der Waals surface area contributed by atoms with Crippen LogP contribution < -0.4 is 5.32 Å². The Hall–Kier alpha value is -0.510. The maximum atomic E-state index is 12.6. The van der Waals surface area contributed by atoms with E-state index in [1.54, 1.807) is 25.7 Å². The van der Waals surface area contributed by atoms with E-state index in [1.807, 2.05) is 6.92 Å². The van der Waals surface area contributed by atoms with Crippen molar-refractivity contribution in [2.75, 3.05) is 47.1 Å². The van der Waals surface area contributed by atoms with Crippen molar-refractivity contribution in [1.82, 2.24) is 9.62 Å². The van der Waals surface area contributed by atoms with E-state index in [0.29, 0.717) is 37.7 Å². The first kappa shape index (κ1) is 18.5. The number of hydrogen-bond acceptors (Lipinski definition) is 6. The van der Waals surface area contributed by atoms with E-state index in [9.17, 15) is 8.42 Å².